The van der Waals surface area contributed by atoms with E-state index in [-0.39, 0.29) is 17.2 Å². The number of hydrogen-bond acceptors (Lipinski definition) is 4. The van der Waals surface area contributed by atoms with Crippen molar-refractivity contribution in [1.29, 1.82) is 0 Å². The molecular weight excluding hydrogens is 417 g/mol. The van der Waals surface area contributed by atoms with E-state index in [9.17, 15) is 9.59 Å². The van der Waals surface area contributed by atoms with Crippen molar-refractivity contribution in [3.63, 3.8) is 0 Å². The minimum Gasteiger partial charge on any atom is -0.488 e. The molecule has 1 aliphatic rings. The van der Waals surface area contributed by atoms with Crippen LogP contribution in [0.5, 0.6) is 5.75 Å². The Balaban J connectivity index is 1.80. The Labute approximate surface area is 178 Å². The molecule has 0 radical (unpaired) electrons. The maximum atomic E-state index is 12.6. The molecule has 0 aliphatic carbocycles. The van der Waals surface area contributed by atoms with Crippen molar-refractivity contribution < 1.29 is 14.3 Å². The molecule has 0 spiro atoms. The summed E-state index contributed by atoms with van der Waals surface area (Å²) in [7, 11) is 0. The third-order valence-corrected chi connectivity index (χ3v) is 6.06. The molecule has 0 aromatic heterocycles. The number of benzene rings is 2. The van der Waals surface area contributed by atoms with Gasteiger partial charge in [-0.05, 0) is 54.9 Å². The summed E-state index contributed by atoms with van der Waals surface area (Å²) >= 11 is 12.9. The zero-order valence-electron chi connectivity index (χ0n) is 15.4. The van der Waals surface area contributed by atoms with Gasteiger partial charge in [-0.2, -0.15) is 0 Å². The minimum atomic E-state index is -0.261. The number of ether oxygens (including phenoxy) is 1. The van der Waals surface area contributed by atoms with Gasteiger partial charge in [-0.15, -0.1) is 0 Å². The highest BCUT2D eigenvalue weighted by Crippen LogP contribution is 2.35. The number of rotatable bonds is 6. The van der Waals surface area contributed by atoms with E-state index in [0.29, 0.717) is 33.7 Å². The Hall–Kier alpha value is -1.95. The van der Waals surface area contributed by atoms with Gasteiger partial charge in [0.05, 0.1) is 15.0 Å². The van der Waals surface area contributed by atoms with Crippen molar-refractivity contribution in [1.82, 2.24) is 4.90 Å². The third-order valence-electron chi connectivity index (χ3n) is 4.44. The van der Waals surface area contributed by atoms with Crippen LogP contribution in [0.3, 0.4) is 0 Å². The van der Waals surface area contributed by atoms with Crippen molar-refractivity contribution in [3.8, 4) is 5.75 Å². The fourth-order valence-electron chi connectivity index (χ4n) is 2.71. The van der Waals surface area contributed by atoms with Crippen LogP contribution in [-0.2, 0) is 11.4 Å². The molecular formula is C21H19Cl2NO3S. The summed E-state index contributed by atoms with van der Waals surface area (Å²) in [5.41, 5.74) is 1.61. The zero-order chi connectivity index (χ0) is 20.3. The Kier molecular flexibility index (Phi) is 6.70. The second kappa shape index (κ2) is 9.03. The summed E-state index contributed by atoms with van der Waals surface area (Å²) in [5, 5.41) is 0.720. The van der Waals surface area contributed by atoms with E-state index in [4.69, 9.17) is 27.9 Å². The normalized spacial score (nSPS) is 16.7. The molecule has 1 fully saturated rings. The highest BCUT2D eigenvalue weighted by molar-refractivity contribution is 8.18. The summed E-state index contributed by atoms with van der Waals surface area (Å²) < 4.78 is 5.92. The van der Waals surface area contributed by atoms with Gasteiger partial charge in [0.2, 0.25) is 0 Å². The summed E-state index contributed by atoms with van der Waals surface area (Å²) in [4.78, 5) is 26.6. The van der Waals surface area contributed by atoms with Gasteiger partial charge < -0.3 is 4.74 Å². The molecule has 1 atom stereocenters. The molecule has 4 nitrogen and oxygen atoms in total. The maximum absolute atomic E-state index is 12.6. The minimum absolute atomic E-state index is 0.125. The van der Waals surface area contributed by atoms with E-state index in [1.165, 1.54) is 4.90 Å². The van der Waals surface area contributed by atoms with E-state index >= 15 is 0 Å². The molecule has 146 valence electrons. The van der Waals surface area contributed by atoms with Gasteiger partial charge in [-0.3, -0.25) is 14.5 Å². The lowest BCUT2D eigenvalue weighted by molar-refractivity contribution is -0.124. The topological polar surface area (TPSA) is 46.6 Å². The predicted molar refractivity (Wildman–Crippen MR) is 115 cm³/mol. The molecule has 28 heavy (non-hydrogen) atoms. The van der Waals surface area contributed by atoms with E-state index in [0.717, 1.165) is 22.9 Å². The second-order valence-electron chi connectivity index (χ2n) is 6.38. The lowest BCUT2D eigenvalue weighted by Crippen LogP contribution is -2.36. The number of nitrogens with zero attached hydrogens (tertiary/aromatic N) is 1. The Morgan fingerprint density at radius 2 is 1.89 bits per heavy atom. The molecule has 7 heteroatoms. The monoisotopic (exact) mass is 435 g/mol. The fourth-order valence-corrected chi connectivity index (χ4v) is 3.95. The van der Waals surface area contributed by atoms with Gasteiger partial charge in [0.15, 0.2) is 0 Å². The summed E-state index contributed by atoms with van der Waals surface area (Å²) in [6.45, 7) is 4.12. The molecule has 1 saturated heterocycles. The standard InChI is InChI=1S/C21H19Cl2NO3S/c1-3-13(2)24-20(25)19(28-21(24)26)11-15-6-4-5-7-18(15)27-12-14-8-9-16(22)17(23)10-14/h4-11,13H,3,12H2,1-2H3/b19-11+/t13-/m1/s1. The van der Waals surface area contributed by atoms with Gasteiger partial charge in [-0.25, -0.2) is 0 Å². The number of carbonyl (C=O) groups is 2. The number of hydrogen-bond donors (Lipinski definition) is 0. The molecule has 3 rings (SSSR count). The van der Waals surface area contributed by atoms with Crippen molar-refractivity contribution >= 4 is 52.2 Å². The van der Waals surface area contributed by atoms with Gasteiger partial charge in [-0.1, -0.05) is 54.4 Å². The van der Waals surface area contributed by atoms with Crippen LogP contribution in [0.25, 0.3) is 6.08 Å². The van der Waals surface area contributed by atoms with Crippen LogP contribution in [0.1, 0.15) is 31.4 Å². The highest BCUT2D eigenvalue weighted by atomic mass is 35.5. The first-order chi connectivity index (χ1) is 13.4. The van der Waals surface area contributed by atoms with Crippen LogP contribution < -0.4 is 4.74 Å². The SMILES string of the molecule is CC[C@@H](C)N1C(=O)S/C(=C/c2ccccc2OCc2ccc(Cl)c(Cl)c2)C1=O. The molecule has 2 amide bonds. The molecule has 2 aromatic carbocycles. The number of imide groups is 1. The second-order valence-corrected chi connectivity index (χ2v) is 8.19. The number of thioether (sulfide) groups is 1. The lowest BCUT2D eigenvalue weighted by atomic mass is 10.1. The van der Waals surface area contributed by atoms with E-state index in [1.807, 2.05) is 44.2 Å². The average molecular weight is 436 g/mol. The molecule has 1 heterocycles. The smallest absolute Gasteiger partial charge is 0.293 e. The van der Waals surface area contributed by atoms with Crippen LogP contribution in [-0.4, -0.2) is 22.1 Å². The van der Waals surface area contributed by atoms with Crippen LogP contribution in [0.4, 0.5) is 4.79 Å². The van der Waals surface area contributed by atoms with Crippen molar-refractivity contribution in [3.05, 3.63) is 68.5 Å². The van der Waals surface area contributed by atoms with Crippen molar-refractivity contribution in [2.45, 2.75) is 32.9 Å². The number of amides is 2. The predicted octanol–water partition coefficient (Wildman–Crippen LogP) is 6.41. The quantitative estimate of drug-likeness (QED) is 0.491. The van der Waals surface area contributed by atoms with Crippen LogP contribution in [0.15, 0.2) is 47.4 Å². The molecule has 2 aromatic rings. The molecule has 0 unspecified atom stereocenters. The Morgan fingerprint density at radius 1 is 1.14 bits per heavy atom. The number of halogens is 2. The average Bonchev–Trinajstić information content (AvgIpc) is 2.96. The third kappa shape index (κ3) is 4.54. The largest absolute Gasteiger partial charge is 0.488 e. The Bertz CT molecular complexity index is 945. The molecule has 0 N–H and O–H groups in total. The number of para-hydroxylation sites is 1. The van der Waals surface area contributed by atoms with E-state index < -0.39 is 0 Å². The Morgan fingerprint density at radius 3 is 2.61 bits per heavy atom. The summed E-state index contributed by atoms with van der Waals surface area (Å²) in [5.74, 6) is 0.354. The summed E-state index contributed by atoms with van der Waals surface area (Å²) in [6.07, 6.45) is 2.42. The van der Waals surface area contributed by atoms with Crippen LogP contribution >= 0.6 is 35.0 Å². The van der Waals surface area contributed by atoms with Gasteiger partial charge in [0, 0.05) is 11.6 Å². The lowest BCUT2D eigenvalue weighted by Gasteiger charge is -2.19. The number of carbonyl (C=O) groups excluding carboxylic acids is 2. The van der Waals surface area contributed by atoms with E-state index in [1.54, 1.807) is 18.2 Å². The maximum Gasteiger partial charge on any atom is 0.293 e. The zero-order valence-corrected chi connectivity index (χ0v) is 17.8. The van der Waals surface area contributed by atoms with Crippen molar-refractivity contribution in [2.75, 3.05) is 0 Å². The molecule has 1 aliphatic heterocycles. The van der Waals surface area contributed by atoms with Gasteiger partial charge in [0.1, 0.15) is 12.4 Å². The molecule has 0 bridgehead atoms. The van der Waals surface area contributed by atoms with Crippen molar-refractivity contribution in [2.24, 2.45) is 0 Å². The van der Waals surface area contributed by atoms with Crippen LogP contribution in [0, 0.1) is 0 Å². The van der Waals surface area contributed by atoms with Gasteiger partial charge in [0.25, 0.3) is 11.1 Å². The highest BCUT2D eigenvalue weighted by Gasteiger charge is 2.37. The first-order valence-corrected chi connectivity index (χ1v) is 10.4. The first kappa shape index (κ1) is 20.8. The van der Waals surface area contributed by atoms with E-state index in [2.05, 4.69) is 0 Å². The first-order valence-electron chi connectivity index (χ1n) is 8.83. The molecule has 0 saturated carbocycles. The fraction of sp³-hybridized carbons (Fsp3) is 0.238. The van der Waals surface area contributed by atoms with Gasteiger partial charge >= 0.3 is 0 Å². The summed E-state index contributed by atoms with van der Waals surface area (Å²) in [6, 6.07) is 12.6. The van der Waals surface area contributed by atoms with Crippen LogP contribution in [0.2, 0.25) is 10.0 Å².